The summed E-state index contributed by atoms with van der Waals surface area (Å²) in [6, 6.07) is 5.07. The zero-order valence-corrected chi connectivity index (χ0v) is 11.8. The van der Waals surface area contributed by atoms with E-state index in [1.165, 1.54) is 0 Å². The lowest BCUT2D eigenvalue weighted by atomic mass is 10.1. The maximum Gasteiger partial charge on any atom is 0.253 e. The Kier molecular flexibility index (Phi) is 3.69. The molecule has 6 heteroatoms. The van der Waals surface area contributed by atoms with Crippen molar-refractivity contribution in [3.05, 3.63) is 34.3 Å². The molecular weight excluding hydrogens is 282 g/mol. The SMILES string of the molecule is Cc1cccc(Cl)c1C(=O)N[C@@H]1CO[C@H]2[C@@H]1OC[C@H]2O. The molecule has 2 N–H and O–H groups in total. The van der Waals surface area contributed by atoms with Gasteiger partial charge in [0, 0.05) is 0 Å². The highest BCUT2D eigenvalue weighted by Gasteiger charge is 2.47. The van der Waals surface area contributed by atoms with Gasteiger partial charge >= 0.3 is 0 Å². The van der Waals surface area contributed by atoms with Crippen LogP contribution in [-0.4, -0.2) is 48.6 Å². The van der Waals surface area contributed by atoms with E-state index in [0.29, 0.717) is 17.2 Å². The number of hydrogen-bond acceptors (Lipinski definition) is 4. The lowest BCUT2D eigenvalue weighted by Gasteiger charge is -2.18. The molecule has 3 rings (SSSR count). The predicted octanol–water partition coefficient (Wildman–Crippen LogP) is 0.905. The van der Waals surface area contributed by atoms with Crippen LogP contribution in [0, 0.1) is 6.92 Å². The van der Waals surface area contributed by atoms with Crippen molar-refractivity contribution < 1.29 is 19.4 Å². The van der Waals surface area contributed by atoms with Gasteiger partial charge in [-0.3, -0.25) is 4.79 Å². The summed E-state index contributed by atoms with van der Waals surface area (Å²) in [7, 11) is 0. The zero-order chi connectivity index (χ0) is 14.3. The molecule has 108 valence electrons. The van der Waals surface area contributed by atoms with Gasteiger partial charge in [-0.15, -0.1) is 0 Å². The molecule has 2 fully saturated rings. The quantitative estimate of drug-likeness (QED) is 0.851. The van der Waals surface area contributed by atoms with Crippen LogP contribution in [0.15, 0.2) is 18.2 Å². The Bertz CT molecular complexity index is 516. The van der Waals surface area contributed by atoms with Gasteiger partial charge in [-0.25, -0.2) is 0 Å². The van der Waals surface area contributed by atoms with E-state index in [1.54, 1.807) is 12.1 Å². The standard InChI is InChI=1S/C14H16ClNO4/c1-7-3-2-4-8(15)11(7)14(18)16-9-5-19-13-10(17)6-20-12(9)13/h2-4,9-10,12-13,17H,5-6H2,1H3,(H,16,18)/t9-,10-,12-,13-/m1/s1. The van der Waals surface area contributed by atoms with Crippen LogP contribution in [0.25, 0.3) is 0 Å². The van der Waals surface area contributed by atoms with E-state index >= 15 is 0 Å². The molecule has 2 aliphatic heterocycles. The highest BCUT2D eigenvalue weighted by atomic mass is 35.5. The molecule has 2 aliphatic rings. The van der Waals surface area contributed by atoms with Gasteiger partial charge in [-0.2, -0.15) is 0 Å². The van der Waals surface area contributed by atoms with E-state index in [9.17, 15) is 9.90 Å². The van der Waals surface area contributed by atoms with Crippen LogP contribution in [0.3, 0.4) is 0 Å². The molecule has 5 nitrogen and oxygen atoms in total. The van der Waals surface area contributed by atoms with Gasteiger partial charge in [0.15, 0.2) is 0 Å². The van der Waals surface area contributed by atoms with Crippen LogP contribution in [0.4, 0.5) is 0 Å². The van der Waals surface area contributed by atoms with E-state index in [4.69, 9.17) is 21.1 Å². The first kappa shape index (κ1) is 13.8. The molecule has 0 bridgehead atoms. The number of rotatable bonds is 2. The number of benzene rings is 1. The Morgan fingerprint density at radius 1 is 1.35 bits per heavy atom. The maximum absolute atomic E-state index is 12.3. The van der Waals surface area contributed by atoms with Crippen LogP contribution in [0.1, 0.15) is 15.9 Å². The fraction of sp³-hybridized carbons (Fsp3) is 0.500. The Labute approximate surface area is 121 Å². The first-order chi connectivity index (χ1) is 9.58. The van der Waals surface area contributed by atoms with Crippen molar-refractivity contribution in [2.24, 2.45) is 0 Å². The number of nitrogens with one attached hydrogen (secondary N) is 1. The van der Waals surface area contributed by atoms with Crippen LogP contribution in [-0.2, 0) is 9.47 Å². The summed E-state index contributed by atoms with van der Waals surface area (Å²) in [5, 5.41) is 13.0. The number of halogens is 1. The second-order valence-corrected chi connectivity index (χ2v) is 5.58. The number of ether oxygens (including phenoxy) is 2. The minimum absolute atomic E-state index is 0.243. The topological polar surface area (TPSA) is 67.8 Å². The fourth-order valence-electron chi connectivity index (χ4n) is 2.76. The number of hydrogen-bond donors (Lipinski definition) is 2. The van der Waals surface area contributed by atoms with Gasteiger partial charge in [0.05, 0.1) is 29.8 Å². The minimum atomic E-state index is -0.621. The van der Waals surface area contributed by atoms with Crippen molar-refractivity contribution in [2.45, 2.75) is 31.3 Å². The van der Waals surface area contributed by atoms with Crippen LogP contribution >= 0.6 is 11.6 Å². The molecule has 0 spiro atoms. The molecular formula is C14H16ClNO4. The Morgan fingerprint density at radius 2 is 2.10 bits per heavy atom. The molecule has 2 saturated heterocycles. The summed E-state index contributed by atoms with van der Waals surface area (Å²) < 4.78 is 11.0. The predicted molar refractivity (Wildman–Crippen MR) is 72.9 cm³/mol. The number of carbonyl (C=O) groups excluding carboxylic acids is 1. The smallest absolute Gasteiger partial charge is 0.253 e. The molecule has 0 aromatic heterocycles. The monoisotopic (exact) mass is 297 g/mol. The highest BCUT2D eigenvalue weighted by Crippen LogP contribution is 2.27. The molecule has 20 heavy (non-hydrogen) atoms. The summed E-state index contributed by atoms with van der Waals surface area (Å²) in [6.07, 6.45) is -1.27. The van der Waals surface area contributed by atoms with E-state index in [1.807, 2.05) is 13.0 Å². The summed E-state index contributed by atoms with van der Waals surface area (Å²) in [6.45, 7) is 2.42. The van der Waals surface area contributed by atoms with Gasteiger partial charge in [-0.05, 0) is 18.6 Å². The molecule has 0 unspecified atom stereocenters. The molecule has 0 radical (unpaired) electrons. The van der Waals surface area contributed by atoms with E-state index in [2.05, 4.69) is 5.32 Å². The summed E-state index contributed by atoms with van der Waals surface area (Å²) in [5.74, 6) is -0.243. The average Bonchev–Trinajstić information content (AvgIpc) is 2.94. The number of fused-ring (bicyclic) bond motifs is 1. The Hall–Kier alpha value is -1.14. The summed E-state index contributed by atoms with van der Waals surface area (Å²) in [4.78, 5) is 12.3. The van der Waals surface area contributed by atoms with Crippen LogP contribution < -0.4 is 5.32 Å². The van der Waals surface area contributed by atoms with Crippen molar-refractivity contribution in [2.75, 3.05) is 13.2 Å². The largest absolute Gasteiger partial charge is 0.388 e. The molecule has 2 heterocycles. The van der Waals surface area contributed by atoms with Gasteiger partial charge in [-0.1, -0.05) is 23.7 Å². The second-order valence-electron chi connectivity index (χ2n) is 5.17. The number of aliphatic hydroxyl groups excluding tert-OH is 1. The van der Waals surface area contributed by atoms with Gasteiger partial charge in [0.2, 0.25) is 0 Å². The summed E-state index contributed by atoms with van der Waals surface area (Å²) >= 11 is 6.08. The van der Waals surface area contributed by atoms with Crippen LogP contribution in [0.2, 0.25) is 5.02 Å². The van der Waals surface area contributed by atoms with Gasteiger partial charge in [0.1, 0.15) is 18.3 Å². The molecule has 1 aromatic rings. The molecule has 1 aromatic carbocycles. The third-order valence-electron chi connectivity index (χ3n) is 3.79. The lowest BCUT2D eigenvalue weighted by molar-refractivity contribution is 0.0178. The Morgan fingerprint density at radius 3 is 2.85 bits per heavy atom. The van der Waals surface area contributed by atoms with Crippen molar-refractivity contribution in [1.29, 1.82) is 0 Å². The molecule has 4 atom stereocenters. The Balaban J connectivity index is 1.74. The molecule has 1 amide bonds. The van der Waals surface area contributed by atoms with Gasteiger partial charge in [0.25, 0.3) is 5.91 Å². The number of carbonyl (C=O) groups is 1. The summed E-state index contributed by atoms with van der Waals surface area (Å²) in [5.41, 5.74) is 1.29. The third-order valence-corrected chi connectivity index (χ3v) is 4.11. The maximum atomic E-state index is 12.3. The van der Waals surface area contributed by atoms with Crippen molar-refractivity contribution in [3.63, 3.8) is 0 Å². The molecule has 0 saturated carbocycles. The number of aliphatic hydroxyl groups is 1. The van der Waals surface area contributed by atoms with E-state index in [0.717, 1.165) is 5.56 Å². The number of aryl methyl sites for hydroxylation is 1. The third kappa shape index (κ3) is 2.31. The number of amides is 1. The zero-order valence-electron chi connectivity index (χ0n) is 11.0. The average molecular weight is 298 g/mol. The highest BCUT2D eigenvalue weighted by molar-refractivity contribution is 6.34. The first-order valence-electron chi connectivity index (χ1n) is 6.55. The second kappa shape index (κ2) is 5.33. The van der Waals surface area contributed by atoms with Crippen molar-refractivity contribution >= 4 is 17.5 Å². The molecule has 0 aliphatic carbocycles. The fourth-order valence-corrected chi connectivity index (χ4v) is 3.07. The van der Waals surface area contributed by atoms with Crippen LogP contribution in [0.5, 0.6) is 0 Å². The van der Waals surface area contributed by atoms with Crippen molar-refractivity contribution in [1.82, 2.24) is 5.32 Å². The first-order valence-corrected chi connectivity index (χ1v) is 6.93. The van der Waals surface area contributed by atoms with Crippen molar-refractivity contribution in [3.8, 4) is 0 Å². The normalized spacial score (nSPS) is 32.1. The van der Waals surface area contributed by atoms with Gasteiger partial charge < -0.3 is 19.9 Å². The lowest BCUT2D eigenvalue weighted by Crippen LogP contribution is -2.44. The van der Waals surface area contributed by atoms with E-state index in [-0.39, 0.29) is 30.8 Å². The van der Waals surface area contributed by atoms with E-state index < -0.39 is 6.10 Å². The minimum Gasteiger partial charge on any atom is -0.388 e.